The standard InChI is InChI=1S/C12H14FN3O4S/c1-19-8-12-15-11(16-20-12)6-7-14-21(17,18)10-4-2-9(13)3-5-10/h2-5,14H,6-8H2,1H3. The zero-order valence-electron chi connectivity index (χ0n) is 11.2. The van der Waals surface area contributed by atoms with E-state index in [4.69, 9.17) is 9.26 Å². The van der Waals surface area contributed by atoms with Crippen LogP contribution in [0.3, 0.4) is 0 Å². The van der Waals surface area contributed by atoms with Crippen molar-refractivity contribution in [2.75, 3.05) is 13.7 Å². The van der Waals surface area contributed by atoms with Gasteiger partial charge in [-0.2, -0.15) is 4.98 Å². The highest BCUT2D eigenvalue weighted by Crippen LogP contribution is 2.09. The number of rotatable bonds is 7. The first kappa shape index (κ1) is 15.5. The largest absolute Gasteiger partial charge is 0.375 e. The minimum Gasteiger partial charge on any atom is -0.375 e. The summed E-state index contributed by atoms with van der Waals surface area (Å²) in [6.07, 6.45) is 0.271. The molecule has 0 saturated heterocycles. The Balaban J connectivity index is 1.91. The van der Waals surface area contributed by atoms with E-state index >= 15 is 0 Å². The van der Waals surface area contributed by atoms with Gasteiger partial charge in [-0.15, -0.1) is 0 Å². The SMILES string of the molecule is COCc1nc(CCNS(=O)(=O)c2ccc(F)cc2)no1. The van der Waals surface area contributed by atoms with Gasteiger partial charge in [-0.25, -0.2) is 17.5 Å². The zero-order valence-corrected chi connectivity index (χ0v) is 12.1. The number of nitrogens with one attached hydrogen (secondary N) is 1. The Morgan fingerprint density at radius 3 is 2.71 bits per heavy atom. The molecule has 1 aromatic carbocycles. The van der Waals surface area contributed by atoms with Crippen LogP contribution >= 0.6 is 0 Å². The highest BCUT2D eigenvalue weighted by Gasteiger charge is 2.14. The lowest BCUT2D eigenvalue weighted by atomic mass is 10.4. The summed E-state index contributed by atoms with van der Waals surface area (Å²) in [5.74, 6) is 0.212. The molecule has 0 unspecified atom stereocenters. The molecule has 0 aliphatic carbocycles. The van der Waals surface area contributed by atoms with Crippen molar-refractivity contribution in [2.24, 2.45) is 0 Å². The molecule has 0 aliphatic heterocycles. The summed E-state index contributed by atoms with van der Waals surface area (Å²) in [6, 6.07) is 4.57. The molecule has 1 N–H and O–H groups in total. The maximum Gasteiger partial charge on any atom is 0.252 e. The third-order valence-corrected chi connectivity index (χ3v) is 4.02. The van der Waals surface area contributed by atoms with E-state index in [1.807, 2.05) is 0 Å². The Bertz CT molecular complexity index is 685. The molecule has 114 valence electrons. The topological polar surface area (TPSA) is 94.3 Å². The predicted octanol–water partition coefficient (Wildman–Crippen LogP) is 0.876. The molecule has 1 aromatic heterocycles. The summed E-state index contributed by atoms with van der Waals surface area (Å²) in [5, 5.41) is 3.69. The lowest BCUT2D eigenvalue weighted by Crippen LogP contribution is -2.26. The maximum absolute atomic E-state index is 12.8. The Morgan fingerprint density at radius 1 is 1.33 bits per heavy atom. The smallest absolute Gasteiger partial charge is 0.252 e. The van der Waals surface area contributed by atoms with Gasteiger partial charge < -0.3 is 9.26 Å². The van der Waals surface area contributed by atoms with Crippen molar-refractivity contribution >= 4 is 10.0 Å². The van der Waals surface area contributed by atoms with E-state index in [2.05, 4.69) is 14.9 Å². The van der Waals surface area contributed by atoms with Gasteiger partial charge in [0.1, 0.15) is 12.4 Å². The summed E-state index contributed by atoms with van der Waals surface area (Å²) < 4.78 is 48.7. The van der Waals surface area contributed by atoms with Crippen LogP contribution in [0.2, 0.25) is 0 Å². The lowest BCUT2D eigenvalue weighted by molar-refractivity contribution is 0.151. The molecule has 1 heterocycles. The van der Waals surface area contributed by atoms with Crippen LogP contribution in [-0.4, -0.2) is 32.2 Å². The van der Waals surface area contributed by atoms with E-state index in [0.717, 1.165) is 12.1 Å². The van der Waals surface area contributed by atoms with Crippen LogP contribution in [0.4, 0.5) is 4.39 Å². The first-order chi connectivity index (χ1) is 10.0. The van der Waals surface area contributed by atoms with Crippen LogP contribution in [0.15, 0.2) is 33.7 Å². The Hall–Kier alpha value is -1.84. The van der Waals surface area contributed by atoms with E-state index in [1.165, 1.54) is 19.2 Å². The summed E-state index contributed by atoms with van der Waals surface area (Å²) in [5.41, 5.74) is 0. The van der Waals surface area contributed by atoms with Crippen LogP contribution in [0.1, 0.15) is 11.7 Å². The monoisotopic (exact) mass is 315 g/mol. The molecule has 0 atom stereocenters. The number of benzene rings is 1. The van der Waals surface area contributed by atoms with Gasteiger partial charge in [0.25, 0.3) is 5.89 Å². The van der Waals surface area contributed by atoms with E-state index in [-0.39, 0.29) is 24.5 Å². The summed E-state index contributed by atoms with van der Waals surface area (Å²) in [6.45, 7) is 0.306. The van der Waals surface area contributed by atoms with E-state index in [0.29, 0.717) is 11.7 Å². The second-order valence-electron chi connectivity index (χ2n) is 4.14. The van der Waals surface area contributed by atoms with Gasteiger partial charge in [-0.05, 0) is 24.3 Å². The normalized spacial score (nSPS) is 11.7. The Labute approximate surface area is 121 Å². The molecule has 2 rings (SSSR count). The maximum atomic E-state index is 12.8. The van der Waals surface area contributed by atoms with Gasteiger partial charge in [0.15, 0.2) is 5.82 Å². The van der Waals surface area contributed by atoms with Crippen LogP contribution in [0.25, 0.3) is 0 Å². The van der Waals surface area contributed by atoms with Gasteiger partial charge in [-0.1, -0.05) is 5.16 Å². The fraction of sp³-hybridized carbons (Fsp3) is 0.333. The minimum atomic E-state index is -3.68. The van der Waals surface area contributed by atoms with Crippen molar-refractivity contribution in [1.29, 1.82) is 0 Å². The second kappa shape index (κ2) is 6.74. The number of sulfonamides is 1. The molecule has 21 heavy (non-hydrogen) atoms. The third kappa shape index (κ3) is 4.31. The lowest BCUT2D eigenvalue weighted by Gasteiger charge is -2.05. The quantitative estimate of drug-likeness (QED) is 0.815. The van der Waals surface area contributed by atoms with Gasteiger partial charge in [0.05, 0.1) is 4.90 Å². The number of hydrogen-bond acceptors (Lipinski definition) is 6. The molecule has 0 bridgehead atoms. The van der Waals surface area contributed by atoms with Gasteiger partial charge in [0, 0.05) is 20.1 Å². The summed E-state index contributed by atoms with van der Waals surface area (Å²) >= 11 is 0. The molecule has 0 radical (unpaired) electrons. The van der Waals surface area contributed by atoms with Crippen molar-refractivity contribution in [3.8, 4) is 0 Å². The van der Waals surface area contributed by atoms with Gasteiger partial charge >= 0.3 is 0 Å². The molecular formula is C12H14FN3O4S. The first-order valence-electron chi connectivity index (χ1n) is 6.07. The number of methoxy groups -OCH3 is 1. The fourth-order valence-electron chi connectivity index (χ4n) is 1.57. The number of aromatic nitrogens is 2. The molecule has 7 nitrogen and oxygen atoms in total. The number of ether oxygens (including phenoxy) is 1. The van der Waals surface area contributed by atoms with E-state index < -0.39 is 15.8 Å². The minimum absolute atomic E-state index is 0.00270. The Kier molecular flexibility index (Phi) is 4.99. The first-order valence-corrected chi connectivity index (χ1v) is 7.55. The summed E-state index contributed by atoms with van der Waals surface area (Å²) in [7, 11) is -2.18. The van der Waals surface area contributed by atoms with E-state index in [1.54, 1.807) is 0 Å². The molecular weight excluding hydrogens is 301 g/mol. The van der Waals surface area contributed by atoms with Crippen molar-refractivity contribution in [3.63, 3.8) is 0 Å². The van der Waals surface area contributed by atoms with Gasteiger partial charge in [0.2, 0.25) is 10.0 Å². The third-order valence-electron chi connectivity index (χ3n) is 2.54. The van der Waals surface area contributed by atoms with Crippen molar-refractivity contribution < 1.29 is 22.1 Å². The number of halogens is 1. The molecule has 2 aromatic rings. The summed E-state index contributed by atoms with van der Waals surface area (Å²) in [4.78, 5) is 4.01. The average Bonchev–Trinajstić information content (AvgIpc) is 2.87. The molecule has 0 spiro atoms. The molecule has 0 fully saturated rings. The molecule has 0 amide bonds. The van der Waals surface area contributed by atoms with Crippen LogP contribution < -0.4 is 4.72 Å². The van der Waals surface area contributed by atoms with Crippen molar-refractivity contribution in [3.05, 3.63) is 41.8 Å². The molecule has 9 heteroatoms. The van der Waals surface area contributed by atoms with Crippen LogP contribution in [0.5, 0.6) is 0 Å². The van der Waals surface area contributed by atoms with Crippen LogP contribution in [-0.2, 0) is 27.8 Å². The molecule has 0 aliphatic rings. The highest BCUT2D eigenvalue weighted by atomic mass is 32.2. The van der Waals surface area contributed by atoms with E-state index in [9.17, 15) is 12.8 Å². The second-order valence-corrected chi connectivity index (χ2v) is 5.91. The zero-order chi connectivity index (χ0) is 15.3. The van der Waals surface area contributed by atoms with Gasteiger partial charge in [-0.3, -0.25) is 0 Å². The predicted molar refractivity (Wildman–Crippen MR) is 70.3 cm³/mol. The van der Waals surface area contributed by atoms with Crippen molar-refractivity contribution in [2.45, 2.75) is 17.9 Å². The Morgan fingerprint density at radius 2 is 2.05 bits per heavy atom. The highest BCUT2D eigenvalue weighted by molar-refractivity contribution is 7.89. The van der Waals surface area contributed by atoms with Crippen molar-refractivity contribution in [1.82, 2.24) is 14.9 Å². The number of hydrogen-bond donors (Lipinski definition) is 1. The number of nitrogens with zero attached hydrogens (tertiary/aromatic N) is 2. The fourth-order valence-corrected chi connectivity index (χ4v) is 2.60. The van der Waals surface area contributed by atoms with Crippen LogP contribution in [0, 0.1) is 5.82 Å². The average molecular weight is 315 g/mol. The molecule has 0 saturated carbocycles.